The molecule has 0 atom stereocenters. The van der Waals surface area contributed by atoms with Gasteiger partial charge in [-0.05, 0) is 46.5 Å². The molecule has 0 saturated heterocycles. The number of hydrogen-bond donors (Lipinski definition) is 0. The van der Waals surface area contributed by atoms with Gasteiger partial charge in [-0.25, -0.2) is 0 Å². The number of nitrogens with zero attached hydrogens (tertiary/aromatic N) is 2. The molecule has 257 valence electrons. The van der Waals surface area contributed by atoms with Gasteiger partial charge in [0.05, 0.1) is 14.3 Å². The summed E-state index contributed by atoms with van der Waals surface area (Å²) in [6, 6.07) is 38.9. The topological polar surface area (TPSA) is 38.9 Å². The number of fused-ring (bicyclic) bond motifs is 3. The van der Waals surface area contributed by atoms with Gasteiger partial charge in [0, 0.05) is 42.9 Å². The fourth-order valence-corrected chi connectivity index (χ4v) is 7.75. The monoisotopic (exact) mass is 855 g/mol. The van der Waals surface area contributed by atoms with Gasteiger partial charge < -0.3 is 14.4 Å². The van der Waals surface area contributed by atoms with Gasteiger partial charge in [0.15, 0.2) is 5.58 Å². The molecule has 3 nitrogen and oxygen atoms in total. The zero-order valence-corrected chi connectivity index (χ0v) is 33.2. The summed E-state index contributed by atoms with van der Waals surface area (Å²) >= 11 is 0. The molecule has 7 aromatic rings. The third-order valence-electron chi connectivity index (χ3n) is 8.56. The predicted molar refractivity (Wildman–Crippen MR) is 204 cm³/mol. The second-order valence-electron chi connectivity index (χ2n) is 15.0. The SMILES string of the molecule is Cc1cc[c-]c(-c2cc(CC(C)(C)C)c([Si](C)(C)C)cn2)c1F.[Ir].[c-]1ccc(Cc2ccccc2)cc1-c1cc2c(cn1)oc1ccccc12. The van der Waals surface area contributed by atoms with Crippen molar-refractivity contribution < 1.29 is 28.9 Å². The van der Waals surface area contributed by atoms with Crippen LogP contribution in [0.2, 0.25) is 19.6 Å². The second kappa shape index (κ2) is 15.3. The van der Waals surface area contributed by atoms with Crippen LogP contribution in [0.1, 0.15) is 43.0 Å². The van der Waals surface area contributed by atoms with Crippen LogP contribution >= 0.6 is 0 Å². The number of aryl methyl sites for hydroxylation is 1. The number of para-hydroxylation sites is 1. The van der Waals surface area contributed by atoms with E-state index >= 15 is 0 Å². The summed E-state index contributed by atoms with van der Waals surface area (Å²) in [5, 5.41) is 3.57. The third kappa shape index (κ3) is 8.73. The largest absolute Gasteiger partial charge is 0.455 e. The quantitative estimate of drug-likeness (QED) is 0.124. The Morgan fingerprint density at radius 2 is 1.44 bits per heavy atom. The van der Waals surface area contributed by atoms with Crippen LogP contribution < -0.4 is 5.19 Å². The predicted octanol–water partition coefficient (Wildman–Crippen LogP) is 11.2. The molecule has 4 aromatic carbocycles. The minimum atomic E-state index is -1.49. The van der Waals surface area contributed by atoms with E-state index in [1.807, 2.05) is 42.7 Å². The standard InChI is InChI=1S/C24H16NO.C20H27FNSi.Ir/c1-2-7-17(8-3-1)13-18-9-6-10-19(14-18)22-15-21-20-11-4-5-12-23(20)26-24(21)16-25-22;1-14-9-8-10-16(19(14)21)17-11-15(12-20(2,3)4)18(13-22-17)23(5,6)7;/h1-9,11-12,14-16H,13H2;8-9,11,13H,12H2,1-7H3;/q2*-1;. The molecule has 0 amide bonds. The van der Waals surface area contributed by atoms with Crippen LogP contribution in [-0.2, 0) is 32.9 Å². The van der Waals surface area contributed by atoms with Crippen LogP contribution in [-0.4, -0.2) is 18.0 Å². The van der Waals surface area contributed by atoms with E-state index < -0.39 is 8.07 Å². The van der Waals surface area contributed by atoms with Crippen molar-refractivity contribution in [3.63, 3.8) is 0 Å². The Balaban J connectivity index is 0.000000192. The summed E-state index contributed by atoms with van der Waals surface area (Å²) < 4.78 is 20.3. The van der Waals surface area contributed by atoms with Crippen molar-refractivity contribution >= 4 is 35.2 Å². The Bertz CT molecular complexity index is 2230. The van der Waals surface area contributed by atoms with Gasteiger partial charge >= 0.3 is 0 Å². The number of benzene rings is 4. The fraction of sp³-hybridized carbons (Fsp3) is 0.227. The van der Waals surface area contributed by atoms with Crippen molar-refractivity contribution in [2.75, 3.05) is 0 Å². The molecule has 7 rings (SSSR count). The molecule has 3 heterocycles. The van der Waals surface area contributed by atoms with E-state index in [1.165, 1.54) is 21.9 Å². The second-order valence-corrected chi connectivity index (χ2v) is 20.0. The molecule has 0 N–H and O–H groups in total. The smallest absolute Gasteiger partial charge is 0.151 e. The number of rotatable bonds is 6. The van der Waals surface area contributed by atoms with Crippen molar-refractivity contribution in [3.8, 4) is 22.5 Å². The first-order valence-electron chi connectivity index (χ1n) is 16.8. The molecule has 1 radical (unpaired) electrons. The van der Waals surface area contributed by atoms with Gasteiger partial charge in [0.1, 0.15) is 5.58 Å². The molecule has 0 saturated carbocycles. The number of hydrogen-bond acceptors (Lipinski definition) is 3. The minimum Gasteiger partial charge on any atom is -0.455 e. The van der Waals surface area contributed by atoms with Gasteiger partial charge in [0.2, 0.25) is 0 Å². The molecule has 50 heavy (non-hydrogen) atoms. The van der Waals surface area contributed by atoms with Crippen LogP contribution in [0.5, 0.6) is 0 Å². The first-order valence-corrected chi connectivity index (χ1v) is 20.3. The Kier molecular flexibility index (Phi) is 11.4. The van der Waals surface area contributed by atoms with Gasteiger partial charge in [-0.1, -0.05) is 125 Å². The Morgan fingerprint density at radius 1 is 0.740 bits per heavy atom. The summed E-state index contributed by atoms with van der Waals surface area (Å²) in [6.07, 6.45) is 5.65. The molecular formula is C44H43FIrN2OSi-2. The molecule has 0 bridgehead atoms. The summed E-state index contributed by atoms with van der Waals surface area (Å²) in [5.74, 6) is -0.220. The average Bonchev–Trinajstić information content (AvgIpc) is 3.44. The van der Waals surface area contributed by atoms with E-state index in [1.54, 1.807) is 19.1 Å². The number of aromatic nitrogens is 2. The Labute approximate surface area is 310 Å². The van der Waals surface area contributed by atoms with Gasteiger partial charge in [0.25, 0.3) is 0 Å². The van der Waals surface area contributed by atoms with E-state index in [2.05, 4.69) is 117 Å². The summed E-state index contributed by atoms with van der Waals surface area (Å²) in [4.78, 5) is 9.17. The Morgan fingerprint density at radius 3 is 2.18 bits per heavy atom. The van der Waals surface area contributed by atoms with Crippen molar-refractivity contribution in [1.29, 1.82) is 0 Å². The summed E-state index contributed by atoms with van der Waals surface area (Å²) in [6.45, 7) is 15.5. The molecule has 0 unspecified atom stereocenters. The molecule has 3 aromatic heterocycles. The fourth-order valence-electron chi connectivity index (χ4n) is 6.18. The normalized spacial score (nSPS) is 11.6. The van der Waals surface area contributed by atoms with Crippen molar-refractivity contribution in [3.05, 3.63) is 150 Å². The number of halogens is 1. The van der Waals surface area contributed by atoms with Crippen LogP contribution in [0.3, 0.4) is 0 Å². The van der Waals surface area contributed by atoms with Crippen LogP contribution in [0.4, 0.5) is 4.39 Å². The van der Waals surface area contributed by atoms with Crippen molar-refractivity contribution in [2.45, 2.75) is 60.2 Å². The maximum Gasteiger partial charge on any atom is 0.151 e. The first-order chi connectivity index (χ1) is 23.4. The van der Waals surface area contributed by atoms with E-state index in [0.29, 0.717) is 16.8 Å². The van der Waals surface area contributed by atoms with Crippen LogP contribution in [0.25, 0.3) is 44.5 Å². The summed E-state index contributed by atoms with van der Waals surface area (Å²) in [7, 11) is -1.49. The molecular weight excluding hydrogens is 812 g/mol. The maximum absolute atomic E-state index is 14.4. The zero-order chi connectivity index (χ0) is 34.8. The van der Waals surface area contributed by atoms with Gasteiger partial charge in [-0.3, -0.25) is 4.39 Å². The summed E-state index contributed by atoms with van der Waals surface area (Å²) in [5.41, 5.74) is 9.46. The van der Waals surface area contributed by atoms with E-state index in [-0.39, 0.29) is 31.3 Å². The van der Waals surface area contributed by atoms with E-state index in [0.717, 1.165) is 46.0 Å². The van der Waals surface area contributed by atoms with Gasteiger partial charge in [-0.2, -0.15) is 0 Å². The van der Waals surface area contributed by atoms with Crippen LogP contribution in [0, 0.1) is 30.3 Å². The van der Waals surface area contributed by atoms with E-state index in [4.69, 9.17) is 4.42 Å². The molecule has 0 aliphatic heterocycles. The average molecular weight is 855 g/mol. The molecule has 6 heteroatoms. The van der Waals surface area contributed by atoms with Crippen LogP contribution in [0.15, 0.2) is 114 Å². The van der Waals surface area contributed by atoms with Crippen molar-refractivity contribution in [2.24, 2.45) is 5.41 Å². The Hall–Kier alpha value is -4.22. The van der Waals surface area contributed by atoms with Gasteiger partial charge in [-0.15, -0.1) is 53.6 Å². The van der Waals surface area contributed by atoms with E-state index in [9.17, 15) is 4.39 Å². The maximum atomic E-state index is 14.4. The zero-order valence-electron chi connectivity index (χ0n) is 29.8. The number of pyridine rings is 2. The molecule has 0 aliphatic rings. The third-order valence-corrected chi connectivity index (χ3v) is 10.6. The number of furan rings is 1. The molecule has 0 fully saturated rings. The molecule has 0 aliphatic carbocycles. The molecule has 0 spiro atoms. The van der Waals surface area contributed by atoms with Crippen molar-refractivity contribution in [1.82, 2.24) is 9.97 Å². The first kappa shape index (κ1) is 37.0. The minimum absolute atomic E-state index is 0.